The summed E-state index contributed by atoms with van der Waals surface area (Å²) in [6.45, 7) is 1.41. The highest BCUT2D eigenvalue weighted by atomic mass is 35.5. The molecule has 0 aliphatic heterocycles. The monoisotopic (exact) mass is 257 g/mol. The van der Waals surface area contributed by atoms with Crippen LogP contribution in [0.15, 0.2) is 18.2 Å². The zero-order valence-electron chi connectivity index (χ0n) is 9.70. The van der Waals surface area contributed by atoms with Crippen LogP contribution in [0, 0.1) is 0 Å². The van der Waals surface area contributed by atoms with Crippen molar-refractivity contribution in [3.05, 3.63) is 28.8 Å². The highest BCUT2D eigenvalue weighted by Gasteiger charge is 2.09. The van der Waals surface area contributed by atoms with Crippen LogP contribution in [0.1, 0.15) is 23.2 Å². The van der Waals surface area contributed by atoms with E-state index in [1.165, 1.54) is 6.07 Å². The van der Waals surface area contributed by atoms with Crippen LogP contribution in [-0.4, -0.2) is 31.3 Å². The number of hydrogen-bond acceptors (Lipinski definition) is 3. The Kier molecular flexibility index (Phi) is 5.80. The molecule has 1 aromatic carbocycles. The number of ether oxygens (including phenoxy) is 1. The number of carboxylic acids is 1. The predicted octanol–water partition coefficient (Wildman–Crippen LogP) is 2.88. The highest BCUT2D eigenvalue weighted by Crippen LogP contribution is 2.21. The quantitative estimate of drug-likeness (QED) is 0.738. The van der Waals surface area contributed by atoms with Crippen molar-refractivity contribution >= 4 is 23.3 Å². The second-order valence-corrected chi connectivity index (χ2v) is 4.06. The molecule has 0 unspecified atom stereocenters. The lowest BCUT2D eigenvalue weighted by Crippen LogP contribution is -2.08. The zero-order chi connectivity index (χ0) is 12.7. The molecule has 0 atom stereocenters. The molecule has 0 aromatic heterocycles. The normalized spacial score (nSPS) is 10.2. The first-order valence-corrected chi connectivity index (χ1v) is 5.78. The molecule has 0 saturated heterocycles. The minimum Gasteiger partial charge on any atom is -0.478 e. The fourth-order valence-electron chi connectivity index (χ4n) is 1.44. The Labute approximate surface area is 106 Å². The number of carboxylic acid groups (broad SMARTS) is 1. The van der Waals surface area contributed by atoms with Gasteiger partial charge >= 0.3 is 5.97 Å². The lowest BCUT2D eigenvalue weighted by molar-refractivity contribution is 0.0698. The molecular weight excluding hydrogens is 242 g/mol. The summed E-state index contributed by atoms with van der Waals surface area (Å²) in [5, 5.41) is 12.6. The van der Waals surface area contributed by atoms with Gasteiger partial charge in [0.25, 0.3) is 0 Å². The van der Waals surface area contributed by atoms with Crippen LogP contribution < -0.4 is 5.32 Å². The van der Waals surface area contributed by atoms with E-state index in [0.29, 0.717) is 23.9 Å². The number of halogens is 1. The molecule has 0 fully saturated rings. The largest absolute Gasteiger partial charge is 0.478 e. The molecule has 0 aliphatic rings. The van der Waals surface area contributed by atoms with Gasteiger partial charge in [-0.1, -0.05) is 11.6 Å². The number of rotatable bonds is 7. The minimum atomic E-state index is -0.957. The Balaban J connectivity index is 2.56. The van der Waals surface area contributed by atoms with E-state index < -0.39 is 5.97 Å². The summed E-state index contributed by atoms with van der Waals surface area (Å²) in [5.74, 6) is -0.957. The summed E-state index contributed by atoms with van der Waals surface area (Å²) in [6, 6.07) is 4.70. The summed E-state index contributed by atoms with van der Waals surface area (Å²) < 4.78 is 4.93. The van der Waals surface area contributed by atoms with Gasteiger partial charge in [0.05, 0.1) is 11.3 Å². The molecule has 0 aliphatic carbocycles. The topological polar surface area (TPSA) is 58.6 Å². The van der Waals surface area contributed by atoms with Gasteiger partial charge in [0.15, 0.2) is 0 Å². The van der Waals surface area contributed by atoms with Gasteiger partial charge in [-0.3, -0.25) is 0 Å². The second-order valence-electron chi connectivity index (χ2n) is 3.62. The number of carbonyl (C=O) groups is 1. The molecule has 2 N–H and O–H groups in total. The third-order valence-corrected chi connectivity index (χ3v) is 2.54. The van der Waals surface area contributed by atoms with Gasteiger partial charge in [0.1, 0.15) is 0 Å². The molecule has 0 spiro atoms. The lowest BCUT2D eigenvalue weighted by Gasteiger charge is -2.09. The Hall–Kier alpha value is -1.26. The predicted molar refractivity (Wildman–Crippen MR) is 68.0 cm³/mol. The maximum absolute atomic E-state index is 11.0. The molecule has 4 nitrogen and oxygen atoms in total. The van der Waals surface area contributed by atoms with Gasteiger partial charge < -0.3 is 15.2 Å². The number of nitrogens with one attached hydrogen (secondary N) is 1. The van der Waals surface area contributed by atoms with Crippen molar-refractivity contribution in [2.75, 3.05) is 25.6 Å². The lowest BCUT2D eigenvalue weighted by atomic mass is 10.1. The molecular formula is C12H16ClNO3. The van der Waals surface area contributed by atoms with E-state index >= 15 is 0 Å². The summed E-state index contributed by atoms with van der Waals surface area (Å²) in [7, 11) is 1.66. The molecule has 0 radical (unpaired) electrons. The van der Waals surface area contributed by atoms with Gasteiger partial charge in [-0.2, -0.15) is 0 Å². The van der Waals surface area contributed by atoms with Crippen LogP contribution in [0.2, 0.25) is 5.02 Å². The van der Waals surface area contributed by atoms with E-state index in [0.717, 1.165) is 12.8 Å². The molecule has 17 heavy (non-hydrogen) atoms. The molecule has 0 bridgehead atoms. The Morgan fingerprint density at radius 3 is 2.88 bits per heavy atom. The summed E-state index contributed by atoms with van der Waals surface area (Å²) in [5.41, 5.74) is 0.795. The third-order valence-electron chi connectivity index (χ3n) is 2.30. The van der Waals surface area contributed by atoms with E-state index in [1.54, 1.807) is 19.2 Å². The average molecular weight is 258 g/mol. The molecule has 94 valence electrons. The number of anilines is 1. The first kappa shape index (κ1) is 13.8. The second kappa shape index (κ2) is 7.14. The molecule has 0 saturated carbocycles. The first-order valence-electron chi connectivity index (χ1n) is 5.41. The Bertz CT molecular complexity index is 382. The van der Waals surface area contributed by atoms with E-state index in [-0.39, 0.29) is 5.56 Å². The van der Waals surface area contributed by atoms with Crippen LogP contribution in [0.5, 0.6) is 0 Å². The summed E-state index contributed by atoms with van der Waals surface area (Å²) in [4.78, 5) is 11.0. The van der Waals surface area contributed by atoms with Gasteiger partial charge in [-0.05, 0) is 31.0 Å². The van der Waals surface area contributed by atoms with Crippen LogP contribution >= 0.6 is 11.6 Å². The molecule has 1 aromatic rings. The zero-order valence-corrected chi connectivity index (χ0v) is 10.5. The maximum atomic E-state index is 11.0. The van der Waals surface area contributed by atoms with E-state index in [4.69, 9.17) is 21.4 Å². The molecule has 0 heterocycles. The Morgan fingerprint density at radius 2 is 2.24 bits per heavy atom. The molecule has 5 heteroatoms. The number of benzene rings is 1. The number of aromatic carboxylic acids is 1. The molecule has 1 rings (SSSR count). The fraction of sp³-hybridized carbons (Fsp3) is 0.417. The fourth-order valence-corrected chi connectivity index (χ4v) is 1.62. The van der Waals surface area contributed by atoms with Gasteiger partial charge in [0.2, 0.25) is 0 Å². The Morgan fingerprint density at radius 1 is 1.47 bits per heavy atom. The summed E-state index contributed by atoms with van der Waals surface area (Å²) in [6.07, 6.45) is 1.85. The minimum absolute atomic E-state index is 0.237. The number of hydrogen-bond donors (Lipinski definition) is 2. The van der Waals surface area contributed by atoms with Crippen LogP contribution in [0.3, 0.4) is 0 Å². The van der Waals surface area contributed by atoms with Crippen molar-refractivity contribution in [2.45, 2.75) is 12.8 Å². The number of methoxy groups -OCH3 is 1. The third kappa shape index (κ3) is 4.63. The van der Waals surface area contributed by atoms with E-state index in [9.17, 15) is 4.79 Å². The van der Waals surface area contributed by atoms with Crippen LogP contribution in [-0.2, 0) is 4.74 Å². The van der Waals surface area contributed by atoms with Crippen LogP contribution in [0.25, 0.3) is 0 Å². The maximum Gasteiger partial charge on any atom is 0.337 e. The standard InChI is InChI=1S/C12H16ClNO3/c1-17-7-3-2-6-14-11-8-9(13)4-5-10(11)12(15)16/h4-5,8,14H,2-3,6-7H2,1H3,(H,15,16). The first-order chi connectivity index (χ1) is 8.15. The summed E-state index contributed by atoms with van der Waals surface area (Å²) >= 11 is 5.83. The SMILES string of the molecule is COCCCCNc1cc(Cl)ccc1C(=O)O. The van der Waals surface area contributed by atoms with Crippen molar-refractivity contribution in [3.8, 4) is 0 Å². The molecule has 0 amide bonds. The van der Waals surface area contributed by atoms with Gasteiger partial charge in [0, 0.05) is 25.3 Å². The van der Waals surface area contributed by atoms with Crippen molar-refractivity contribution in [1.82, 2.24) is 0 Å². The van der Waals surface area contributed by atoms with Crippen molar-refractivity contribution in [3.63, 3.8) is 0 Å². The smallest absolute Gasteiger partial charge is 0.337 e. The van der Waals surface area contributed by atoms with Crippen LogP contribution in [0.4, 0.5) is 5.69 Å². The van der Waals surface area contributed by atoms with E-state index in [1.807, 2.05) is 0 Å². The number of unbranched alkanes of at least 4 members (excludes halogenated alkanes) is 1. The average Bonchev–Trinajstić information content (AvgIpc) is 2.28. The van der Waals surface area contributed by atoms with Crippen molar-refractivity contribution in [1.29, 1.82) is 0 Å². The van der Waals surface area contributed by atoms with Gasteiger partial charge in [-0.15, -0.1) is 0 Å². The van der Waals surface area contributed by atoms with Gasteiger partial charge in [-0.25, -0.2) is 4.79 Å². The van der Waals surface area contributed by atoms with Crippen molar-refractivity contribution in [2.24, 2.45) is 0 Å². The van der Waals surface area contributed by atoms with E-state index in [2.05, 4.69) is 5.32 Å². The highest BCUT2D eigenvalue weighted by molar-refractivity contribution is 6.31. The van der Waals surface area contributed by atoms with Crippen molar-refractivity contribution < 1.29 is 14.6 Å².